The highest BCUT2D eigenvalue weighted by molar-refractivity contribution is 7.09. The number of nitrogens with one attached hydrogen (secondary N) is 2. The van der Waals surface area contributed by atoms with Crippen molar-refractivity contribution in [1.82, 2.24) is 10.3 Å². The van der Waals surface area contributed by atoms with Crippen LogP contribution >= 0.6 is 11.3 Å². The monoisotopic (exact) mass is 366 g/mol. The third-order valence-electron chi connectivity index (χ3n) is 3.73. The van der Waals surface area contributed by atoms with Crippen molar-refractivity contribution >= 4 is 29.0 Å². The van der Waals surface area contributed by atoms with Gasteiger partial charge in [-0.05, 0) is 24.6 Å². The molecule has 0 saturated carbocycles. The molecule has 26 heavy (non-hydrogen) atoms. The van der Waals surface area contributed by atoms with Crippen LogP contribution in [0.2, 0.25) is 0 Å². The van der Waals surface area contributed by atoms with Crippen LogP contribution in [0.5, 0.6) is 0 Å². The van der Waals surface area contributed by atoms with Gasteiger partial charge in [0, 0.05) is 16.6 Å². The predicted octanol–water partition coefficient (Wildman–Crippen LogP) is 3.47. The largest absolute Gasteiger partial charge is 0.370 e. The van der Waals surface area contributed by atoms with E-state index in [1.165, 1.54) is 0 Å². The van der Waals surface area contributed by atoms with Crippen molar-refractivity contribution in [2.24, 2.45) is 5.73 Å². The number of aryl methyl sites for hydroxylation is 1. The van der Waals surface area contributed by atoms with Crippen molar-refractivity contribution in [3.63, 3.8) is 0 Å². The Kier molecular flexibility index (Phi) is 5.28. The molecule has 7 heteroatoms. The molecular formula is C19H18N4O2S. The van der Waals surface area contributed by atoms with Gasteiger partial charge in [-0.2, -0.15) is 0 Å². The first-order chi connectivity index (χ1) is 12.5. The van der Waals surface area contributed by atoms with Gasteiger partial charge in [0.2, 0.25) is 0 Å². The smallest absolute Gasteiger partial charge is 0.318 e. The van der Waals surface area contributed by atoms with Crippen molar-refractivity contribution in [3.8, 4) is 11.3 Å². The number of thiazole rings is 1. The Balaban J connectivity index is 1.89. The number of primary amides is 1. The van der Waals surface area contributed by atoms with Crippen LogP contribution < -0.4 is 16.4 Å². The number of amides is 3. The molecule has 1 heterocycles. The summed E-state index contributed by atoms with van der Waals surface area (Å²) in [7, 11) is 0. The quantitative estimate of drug-likeness (QED) is 0.644. The van der Waals surface area contributed by atoms with Crippen LogP contribution in [0.25, 0.3) is 11.3 Å². The van der Waals surface area contributed by atoms with Crippen LogP contribution in [0.15, 0.2) is 60.0 Å². The lowest BCUT2D eigenvalue weighted by atomic mass is 10.1. The fourth-order valence-electron chi connectivity index (χ4n) is 2.57. The molecule has 1 atom stereocenters. The standard InChI is InChI=1S/C19H18N4O2S/c1-12-21-16(11-26-12)14-8-5-9-15(10-14)22-17(18(24)23-19(20)25)13-6-3-2-4-7-13/h2-11,17,22H,1H3,(H3,20,23,24,25)/t17-/m1/s1. The van der Waals surface area contributed by atoms with Crippen LogP contribution in [0.1, 0.15) is 16.6 Å². The maximum absolute atomic E-state index is 12.4. The summed E-state index contributed by atoms with van der Waals surface area (Å²) < 4.78 is 0. The molecule has 0 aliphatic carbocycles. The number of urea groups is 1. The van der Waals surface area contributed by atoms with E-state index in [1.54, 1.807) is 11.3 Å². The second-order valence-electron chi connectivity index (χ2n) is 5.67. The molecule has 0 aliphatic heterocycles. The van der Waals surface area contributed by atoms with Gasteiger partial charge in [-0.3, -0.25) is 10.1 Å². The van der Waals surface area contributed by atoms with Crippen LogP contribution in [0.3, 0.4) is 0 Å². The van der Waals surface area contributed by atoms with E-state index in [0.717, 1.165) is 27.5 Å². The van der Waals surface area contributed by atoms with E-state index in [4.69, 9.17) is 5.73 Å². The average Bonchev–Trinajstić information content (AvgIpc) is 3.06. The minimum Gasteiger partial charge on any atom is -0.370 e. The highest BCUT2D eigenvalue weighted by Crippen LogP contribution is 2.26. The number of hydrogen-bond donors (Lipinski definition) is 3. The van der Waals surface area contributed by atoms with E-state index in [9.17, 15) is 9.59 Å². The summed E-state index contributed by atoms with van der Waals surface area (Å²) in [5.74, 6) is -0.515. The molecule has 0 radical (unpaired) electrons. The summed E-state index contributed by atoms with van der Waals surface area (Å²) >= 11 is 1.58. The first kappa shape index (κ1) is 17.6. The van der Waals surface area contributed by atoms with Crippen LogP contribution in [0.4, 0.5) is 10.5 Å². The fourth-order valence-corrected chi connectivity index (χ4v) is 3.19. The van der Waals surface area contributed by atoms with Crippen molar-refractivity contribution in [3.05, 3.63) is 70.5 Å². The van der Waals surface area contributed by atoms with Crippen molar-refractivity contribution in [2.75, 3.05) is 5.32 Å². The molecule has 0 aliphatic rings. The minimum atomic E-state index is -0.885. The lowest BCUT2D eigenvalue weighted by molar-refractivity contribution is -0.120. The normalized spacial score (nSPS) is 11.6. The molecule has 132 valence electrons. The Morgan fingerprint density at radius 3 is 2.54 bits per heavy atom. The number of rotatable bonds is 5. The van der Waals surface area contributed by atoms with E-state index in [1.807, 2.05) is 66.9 Å². The zero-order valence-corrected chi connectivity index (χ0v) is 14.9. The van der Waals surface area contributed by atoms with Crippen LogP contribution in [0, 0.1) is 6.92 Å². The number of nitrogens with two attached hydrogens (primary N) is 1. The van der Waals surface area contributed by atoms with E-state index >= 15 is 0 Å². The maximum atomic E-state index is 12.4. The number of anilines is 1. The van der Waals surface area contributed by atoms with Crippen LogP contribution in [-0.2, 0) is 4.79 Å². The Bertz CT molecular complexity index is 924. The average molecular weight is 366 g/mol. The van der Waals surface area contributed by atoms with E-state index in [2.05, 4.69) is 15.6 Å². The van der Waals surface area contributed by atoms with Crippen LogP contribution in [-0.4, -0.2) is 16.9 Å². The van der Waals surface area contributed by atoms with Gasteiger partial charge < -0.3 is 11.1 Å². The molecule has 0 bridgehead atoms. The zero-order valence-electron chi connectivity index (χ0n) is 14.1. The van der Waals surface area contributed by atoms with Crippen molar-refractivity contribution in [1.29, 1.82) is 0 Å². The summed E-state index contributed by atoms with van der Waals surface area (Å²) in [6.45, 7) is 1.95. The van der Waals surface area contributed by atoms with Gasteiger partial charge in [0.05, 0.1) is 10.7 Å². The Labute approximate surface area is 155 Å². The summed E-state index contributed by atoms with van der Waals surface area (Å²) in [6, 6.07) is 15.1. The molecule has 0 spiro atoms. The molecule has 3 amide bonds. The van der Waals surface area contributed by atoms with Gasteiger partial charge >= 0.3 is 6.03 Å². The SMILES string of the molecule is Cc1nc(-c2cccc(N[C@@H](C(=O)NC(N)=O)c3ccccc3)c2)cs1. The lowest BCUT2D eigenvalue weighted by Crippen LogP contribution is -2.40. The van der Waals surface area contributed by atoms with Crippen molar-refractivity contribution < 1.29 is 9.59 Å². The first-order valence-corrected chi connectivity index (χ1v) is 8.85. The summed E-state index contributed by atoms with van der Waals surface area (Å²) in [6.07, 6.45) is 0. The van der Waals surface area contributed by atoms with Gasteiger partial charge in [0.1, 0.15) is 6.04 Å². The Hall–Kier alpha value is -3.19. The molecule has 1 aromatic heterocycles. The fraction of sp³-hybridized carbons (Fsp3) is 0.105. The summed E-state index contributed by atoms with van der Waals surface area (Å²) in [5, 5.41) is 8.29. The Morgan fingerprint density at radius 1 is 1.12 bits per heavy atom. The van der Waals surface area contributed by atoms with Crippen molar-refractivity contribution in [2.45, 2.75) is 13.0 Å². The highest BCUT2D eigenvalue weighted by atomic mass is 32.1. The van der Waals surface area contributed by atoms with E-state index in [0.29, 0.717) is 0 Å². The van der Waals surface area contributed by atoms with E-state index < -0.39 is 18.0 Å². The number of imide groups is 1. The molecule has 0 unspecified atom stereocenters. The number of carbonyl (C=O) groups is 2. The number of hydrogen-bond acceptors (Lipinski definition) is 5. The first-order valence-electron chi connectivity index (χ1n) is 7.97. The third-order valence-corrected chi connectivity index (χ3v) is 4.50. The number of aromatic nitrogens is 1. The van der Waals surface area contributed by atoms with E-state index in [-0.39, 0.29) is 0 Å². The van der Waals surface area contributed by atoms with Gasteiger partial charge in [-0.25, -0.2) is 9.78 Å². The maximum Gasteiger partial charge on any atom is 0.318 e. The second-order valence-corrected chi connectivity index (χ2v) is 6.74. The summed E-state index contributed by atoms with van der Waals surface area (Å²) in [5.41, 5.74) is 8.39. The lowest BCUT2D eigenvalue weighted by Gasteiger charge is -2.19. The van der Waals surface area contributed by atoms with Gasteiger partial charge in [0.15, 0.2) is 0 Å². The Morgan fingerprint density at radius 2 is 1.88 bits per heavy atom. The molecule has 2 aromatic carbocycles. The molecule has 0 fully saturated rings. The summed E-state index contributed by atoms with van der Waals surface area (Å²) in [4.78, 5) is 28.0. The zero-order chi connectivity index (χ0) is 18.5. The highest BCUT2D eigenvalue weighted by Gasteiger charge is 2.21. The molecule has 0 saturated heterocycles. The topological polar surface area (TPSA) is 97.1 Å². The van der Waals surface area contributed by atoms with Gasteiger partial charge in [-0.15, -0.1) is 11.3 Å². The molecular weight excluding hydrogens is 348 g/mol. The minimum absolute atomic E-state index is 0.515. The molecule has 4 N–H and O–H groups in total. The number of benzene rings is 2. The third kappa shape index (κ3) is 4.25. The van der Waals surface area contributed by atoms with Gasteiger partial charge in [0.25, 0.3) is 5.91 Å². The molecule has 6 nitrogen and oxygen atoms in total. The second kappa shape index (κ2) is 7.79. The number of carbonyl (C=O) groups excluding carboxylic acids is 2. The van der Waals surface area contributed by atoms with Gasteiger partial charge in [-0.1, -0.05) is 42.5 Å². The molecule has 3 aromatic rings. The predicted molar refractivity (Wildman–Crippen MR) is 103 cm³/mol. The molecule has 3 rings (SSSR count). The number of nitrogens with zero attached hydrogens (tertiary/aromatic N) is 1.